The predicted octanol–water partition coefficient (Wildman–Crippen LogP) is 3.69. The van der Waals surface area contributed by atoms with E-state index in [1.165, 1.54) is 6.20 Å². The molecule has 0 unspecified atom stereocenters. The van der Waals surface area contributed by atoms with Gasteiger partial charge in [0.1, 0.15) is 0 Å². The van der Waals surface area contributed by atoms with Crippen LogP contribution in [-0.4, -0.2) is 15.8 Å². The van der Waals surface area contributed by atoms with Gasteiger partial charge in [-0.15, -0.1) is 0 Å². The van der Waals surface area contributed by atoms with E-state index in [1.54, 1.807) is 6.07 Å². The molecule has 0 saturated heterocycles. The summed E-state index contributed by atoms with van der Waals surface area (Å²) in [6.07, 6.45) is 2.50. The van der Waals surface area contributed by atoms with Crippen LogP contribution in [-0.2, 0) is 6.42 Å². The molecule has 0 aliphatic heterocycles. The molecule has 0 saturated carbocycles. The zero-order valence-corrected chi connectivity index (χ0v) is 12.3. The molecule has 0 spiro atoms. The Balaban J connectivity index is 2.66. The molecule has 0 aliphatic rings. The van der Waals surface area contributed by atoms with E-state index in [2.05, 4.69) is 0 Å². The van der Waals surface area contributed by atoms with Crippen molar-refractivity contribution in [2.45, 2.75) is 33.1 Å². The van der Waals surface area contributed by atoms with E-state index >= 15 is 0 Å². The van der Waals surface area contributed by atoms with Gasteiger partial charge in [-0.2, -0.15) is 0 Å². The van der Waals surface area contributed by atoms with Crippen molar-refractivity contribution in [3.63, 3.8) is 0 Å². The third kappa shape index (κ3) is 3.05. The monoisotopic (exact) mass is 285 g/mol. The first-order valence-corrected chi connectivity index (χ1v) is 7.10. The van der Waals surface area contributed by atoms with Gasteiger partial charge in [-0.3, -0.25) is 4.79 Å². The second-order valence-electron chi connectivity index (χ2n) is 5.08. The normalized spacial score (nSPS) is 10.6. The zero-order chi connectivity index (χ0) is 15.4. The fraction of sp³-hybridized carbons (Fsp3) is 0.294. The van der Waals surface area contributed by atoms with Gasteiger partial charge in [0.2, 0.25) is 0 Å². The molecule has 21 heavy (non-hydrogen) atoms. The highest BCUT2D eigenvalue weighted by atomic mass is 16.4. The molecular formula is C17H19NO3. The van der Waals surface area contributed by atoms with Crippen LogP contribution in [0.3, 0.4) is 0 Å². The Morgan fingerprint density at radius 1 is 1.19 bits per heavy atom. The van der Waals surface area contributed by atoms with E-state index < -0.39 is 11.7 Å². The fourth-order valence-corrected chi connectivity index (χ4v) is 2.45. The number of unbranched alkanes of at least 4 members (excludes halogenated alkanes) is 1. The Morgan fingerprint density at radius 2 is 1.90 bits per heavy atom. The molecule has 1 heterocycles. The highest BCUT2D eigenvalue weighted by molar-refractivity contribution is 5.73. The van der Waals surface area contributed by atoms with Crippen LogP contribution in [0, 0.1) is 6.92 Å². The minimum Gasteiger partial charge on any atom is -0.464 e. The molecule has 0 bridgehead atoms. The number of carboxylic acid groups (broad SMARTS) is 1. The summed E-state index contributed by atoms with van der Waals surface area (Å²) in [5.74, 6) is 0. The largest absolute Gasteiger partial charge is 0.464 e. The predicted molar refractivity (Wildman–Crippen MR) is 82.9 cm³/mol. The Labute approximate surface area is 123 Å². The Bertz CT molecular complexity index is 716. The van der Waals surface area contributed by atoms with Gasteiger partial charge in [-0.1, -0.05) is 37.6 Å². The minimum absolute atomic E-state index is 0.434. The van der Waals surface area contributed by atoms with Gasteiger partial charge in [0.05, 0.1) is 0 Å². The van der Waals surface area contributed by atoms with Crippen LogP contribution in [0.25, 0.3) is 11.1 Å². The Hall–Kier alpha value is -2.36. The van der Waals surface area contributed by atoms with Gasteiger partial charge >= 0.3 is 6.09 Å². The summed E-state index contributed by atoms with van der Waals surface area (Å²) in [6.45, 7) is 4.04. The number of pyridine rings is 1. The Kier molecular flexibility index (Phi) is 4.58. The van der Waals surface area contributed by atoms with E-state index in [4.69, 9.17) is 5.11 Å². The molecule has 0 radical (unpaired) electrons. The van der Waals surface area contributed by atoms with E-state index in [0.29, 0.717) is 12.0 Å². The molecule has 1 aromatic heterocycles. The smallest absolute Gasteiger partial charge is 0.418 e. The molecule has 4 heteroatoms. The van der Waals surface area contributed by atoms with Crippen molar-refractivity contribution in [1.82, 2.24) is 4.57 Å². The van der Waals surface area contributed by atoms with Crippen LogP contribution < -0.4 is 5.56 Å². The number of nitrogens with zero attached hydrogens (tertiary/aromatic N) is 1. The first-order valence-electron chi connectivity index (χ1n) is 7.10. The maximum Gasteiger partial charge on any atom is 0.418 e. The highest BCUT2D eigenvalue weighted by Crippen LogP contribution is 2.25. The molecule has 2 aromatic rings. The number of hydrogen-bond acceptors (Lipinski definition) is 2. The summed E-state index contributed by atoms with van der Waals surface area (Å²) in [7, 11) is 0. The van der Waals surface area contributed by atoms with Crippen LogP contribution in [0.5, 0.6) is 0 Å². The number of carbonyl (C=O) groups is 1. The average Bonchev–Trinajstić information content (AvgIpc) is 2.46. The van der Waals surface area contributed by atoms with Crippen molar-refractivity contribution < 1.29 is 9.90 Å². The summed E-state index contributed by atoms with van der Waals surface area (Å²) in [6, 6.07) is 9.55. The second-order valence-corrected chi connectivity index (χ2v) is 5.08. The van der Waals surface area contributed by atoms with Gasteiger partial charge in [0.25, 0.3) is 5.56 Å². The number of benzene rings is 1. The quantitative estimate of drug-likeness (QED) is 0.932. The van der Waals surface area contributed by atoms with Crippen LogP contribution in [0.4, 0.5) is 4.79 Å². The summed E-state index contributed by atoms with van der Waals surface area (Å²) in [5, 5.41) is 9.09. The van der Waals surface area contributed by atoms with Gasteiger partial charge < -0.3 is 5.11 Å². The molecule has 4 nitrogen and oxygen atoms in total. The van der Waals surface area contributed by atoms with E-state index in [0.717, 1.165) is 34.1 Å². The molecule has 1 aromatic carbocycles. The lowest BCUT2D eigenvalue weighted by molar-refractivity contribution is 0.195. The number of rotatable bonds is 4. The van der Waals surface area contributed by atoms with Gasteiger partial charge in [-0.25, -0.2) is 9.36 Å². The molecular weight excluding hydrogens is 266 g/mol. The van der Waals surface area contributed by atoms with E-state index in [-0.39, 0.29) is 0 Å². The molecule has 0 aliphatic carbocycles. The highest BCUT2D eigenvalue weighted by Gasteiger charge is 2.15. The lowest BCUT2D eigenvalue weighted by atomic mass is 9.95. The second kappa shape index (κ2) is 6.39. The van der Waals surface area contributed by atoms with Gasteiger partial charge in [-0.05, 0) is 42.5 Å². The van der Waals surface area contributed by atoms with Crippen LogP contribution >= 0.6 is 0 Å². The molecule has 0 atom stereocenters. The summed E-state index contributed by atoms with van der Waals surface area (Å²) in [4.78, 5) is 23.5. The zero-order valence-electron chi connectivity index (χ0n) is 12.3. The molecule has 0 fully saturated rings. The summed E-state index contributed by atoms with van der Waals surface area (Å²) < 4.78 is 0.757. The van der Waals surface area contributed by atoms with Crippen molar-refractivity contribution in [3.05, 3.63) is 58.0 Å². The standard InChI is InChI=1S/C17H19NO3/c1-3-4-8-15-14(13-9-6-5-7-12(13)2)10-11-18(16(15)19)17(20)21/h5-7,9-11H,3-4,8H2,1-2H3,(H,20,21). The maximum absolute atomic E-state index is 12.4. The van der Waals surface area contributed by atoms with Crippen molar-refractivity contribution in [2.75, 3.05) is 0 Å². The third-order valence-corrected chi connectivity index (χ3v) is 3.61. The maximum atomic E-state index is 12.4. The first-order chi connectivity index (χ1) is 10.1. The van der Waals surface area contributed by atoms with Gasteiger partial charge in [0, 0.05) is 11.8 Å². The van der Waals surface area contributed by atoms with Crippen molar-refractivity contribution in [2.24, 2.45) is 0 Å². The van der Waals surface area contributed by atoms with Gasteiger partial charge in [0.15, 0.2) is 0 Å². The van der Waals surface area contributed by atoms with E-state index in [1.807, 2.05) is 38.1 Å². The van der Waals surface area contributed by atoms with Crippen LogP contribution in [0.15, 0.2) is 41.3 Å². The molecule has 110 valence electrons. The lowest BCUT2D eigenvalue weighted by Gasteiger charge is -2.12. The van der Waals surface area contributed by atoms with Crippen LogP contribution in [0.2, 0.25) is 0 Å². The van der Waals surface area contributed by atoms with E-state index in [9.17, 15) is 9.59 Å². The van der Waals surface area contributed by atoms with Crippen LogP contribution in [0.1, 0.15) is 30.9 Å². The topological polar surface area (TPSA) is 59.3 Å². The molecule has 2 rings (SSSR count). The average molecular weight is 285 g/mol. The number of aromatic nitrogens is 1. The molecule has 0 amide bonds. The minimum atomic E-state index is -1.24. The number of aryl methyl sites for hydroxylation is 1. The first kappa shape index (κ1) is 15.0. The SMILES string of the molecule is CCCCc1c(-c2ccccc2C)ccn(C(=O)O)c1=O. The fourth-order valence-electron chi connectivity index (χ4n) is 2.45. The lowest BCUT2D eigenvalue weighted by Crippen LogP contribution is -2.28. The molecule has 1 N–H and O–H groups in total. The van der Waals surface area contributed by atoms with Crippen molar-refractivity contribution in [1.29, 1.82) is 0 Å². The summed E-state index contributed by atoms with van der Waals surface area (Å²) >= 11 is 0. The third-order valence-electron chi connectivity index (χ3n) is 3.61. The summed E-state index contributed by atoms with van der Waals surface area (Å²) in [5.41, 5.74) is 3.04. The van der Waals surface area contributed by atoms with Crippen molar-refractivity contribution >= 4 is 6.09 Å². The number of hydrogen-bond donors (Lipinski definition) is 1. The van der Waals surface area contributed by atoms with Crippen molar-refractivity contribution in [3.8, 4) is 11.1 Å². The Morgan fingerprint density at radius 3 is 2.52 bits per heavy atom.